The summed E-state index contributed by atoms with van der Waals surface area (Å²) in [5.41, 5.74) is -3.14. The lowest BCUT2D eigenvalue weighted by Gasteiger charge is -2.12. The molecule has 3 nitrogen and oxygen atoms in total. The third-order valence-electron chi connectivity index (χ3n) is 2.89. The fourth-order valence-electron chi connectivity index (χ4n) is 1.86. The molecule has 0 radical (unpaired) electrons. The molecule has 23 heavy (non-hydrogen) atoms. The molecule has 0 aromatic heterocycles. The number of hydrogen-bond donors (Lipinski definition) is 1. The smallest absolute Gasteiger partial charge is 0.322 e. The van der Waals surface area contributed by atoms with Gasteiger partial charge in [-0.1, -0.05) is 6.07 Å². The third-order valence-corrected chi connectivity index (χ3v) is 2.89. The van der Waals surface area contributed by atoms with Crippen LogP contribution in [-0.2, 0) is 6.18 Å². The highest BCUT2D eigenvalue weighted by molar-refractivity contribution is 6.04. The van der Waals surface area contributed by atoms with Crippen LogP contribution in [0.5, 0.6) is 0 Å². The Kier molecular flexibility index (Phi) is 4.31. The van der Waals surface area contributed by atoms with Crippen LogP contribution >= 0.6 is 0 Å². The first-order valence-electron chi connectivity index (χ1n) is 6.10. The molecule has 0 bridgehead atoms. The van der Waals surface area contributed by atoms with E-state index >= 15 is 0 Å². The van der Waals surface area contributed by atoms with E-state index in [4.69, 9.17) is 5.26 Å². The van der Waals surface area contributed by atoms with Gasteiger partial charge in [-0.2, -0.15) is 18.4 Å². The van der Waals surface area contributed by atoms with Crippen molar-refractivity contribution < 1.29 is 26.7 Å². The van der Waals surface area contributed by atoms with Crippen LogP contribution < -0.4 is 5.32 Å². The molecule has 2 aromatic rings. The van der Waals surface area contributed by atoms with Gasteiger partial charge in [0.1, 0.15) is 17.2 Å². The average Bonchev–Trinajstić information content (AvgIpc) is 2.46. The van der Waals surface area contributed by atoms with Gasteiger partial charge >= 0.3 is 6.18 Å². The number of hydrogen-bond acceptors (Lipinski definition) is 2. The minimum absolute atomic E-state index is 0.344. The zero-order chi connectivity index (χ0) is 17.2. The van der Waals surface area contributed by atoms with Crippen molar-refractivity contribution in [3.63, 3.8) is 0 Å². The van der Waals surface area contributed by atoms with Crippen molar-refractivity contribution in [2.75, 3.05) is 5.32 Å². The number of nitrogens with one attached hydrogen (secondary N) is 1. The summed E-state index contributed by atoms with van der Waals surface area (Å²) in [5, 5.41) is 10.6. The van der Waals surface area contributed by atoms with Crippen LogP contribution in [0.15, 0.2) is 36.4 Å². The molecule has 0 spiro atoms. The summed E-state index contributed by atoms with van der Waals surface area (Å²) >= 11 is 0. The number of carbonyl (C=O) groups is 1. The summed E-state index contributed by atoms with van der Waals surface area (Å²) in [7, 11) is 0. The number of rotatable bonds is 2. The maximum Gasteiger partial charge on any atom is 0.417 e. The Balaban J connectivity index is 2.38. The molecular formula is C15H7F5N2O. The first-order valence-corrected chi connectivity index (χ1v) is 6.10. The number of nitriles is 1. The van der Waals surface area contributed by atoms with Crippen LogP contribution in [0.1, 0.15) is 21.5 Å². The number of alkyl halides is 3. The van der Waals surface area contributed by atoms with Crippen molar-refractivity contribution in [1.82, 2.24) is 0 Å². The molecule has 0 aliphatic heterocycles. The molecule has 0 fully saturated rings. The molecule has 2 aromatic carbocycles. The van der Waals surface area contributed by atoms with E-state index in [1.807, 2.05) is 5.32 Å². The summed E-state index contributed by atoms with van der Waals surface area (Å²) in [6.45, 7) is 0. The van der Waals surface area contributed by atoms with Gasteiger partial charge in [-0.15, -0.1) is 0 Å². The van der Waals surface area contributed by atoms with Gasteiger partial charge in [0.05, 0.1) is 17.2 Å². The van der Waals surface area contributed by atoms with Crippen molar-refractivity contribution in [2.45, 2.75) is 6.18 Å². The van der Waals surface area contributed by atoms with Gasteiger partial charge in [0.15, 0.2) is 0 Å². The standard InChI is InChI=1S/C15H7F5N2O/c16-11-2-1-3-12(17)13(11)14(23)22-9-5-4-8(7-21)10(6-9)15(18,19)20/h1-6H,(H,22,23). The van der Waals surface area contributed by atoms with E-state index in [0.717, 1.165) is 30.3 Å². The Hall–Kier alpha value is -2.95. The zero-order valence-corrected chi connectivity index (χ0v) is 11.2. The van der Waals surface area contributed by atoms with Gasteiger partial charge in [-0.05, 0) is 30.3 Å². The molecule has 118 valence electrons. The molecule has 0 aliphatic carbocycles. The predicted octanol–water partition coefficient (Wildman–Crippen LogP) is 4.11. The molecule has 8 heteroatoms. The highest BCUT2D eigenvalue weighted by Crippen LogP contribution is 2.33. The van der Waals surface area contributed by atoms with Crippen molar-refractivity contribution >= 4 is 11.6 Å². The minimum Gasteiger partial charge on any atom is -0.322 e. The molecule has 0 atom stereocenters. The molecule has 1 amide bonds. The number of halogens is 5. The van der Waals surface area contributed by atoms with Crippen molar-refractivity contribution in [2.24, 2.45) is 0 Å². The Morgan fingerprint density at radius 2 is 1.70 bits per heavy atom. The fourth-order valence-corrected chi connectivity index (χ4v) is 1.86. The van der Waals surface area contributed by atoms with Crippen LogP contribution in [0.4, 0.5) is 27.6 Å². The zero-order valence-electron chi connectivity index (χ0n) is 11.2. The van der Waals surface area contributed by atoms with E-state index in [0.29, 0.717) is 6.07 Å². The first-order chi connectivity index (χ1) is 10.7. The second-order valence-electron chi connectivity index (χ2n) is 4.42. The average molecular weight is 326 g/mol. The van der Waals surface area contributed by atoms with Gasteiger partial charge in [0, 0.05) is 5.69 Å². The Bertz CT molecular complexity index is 788. The van der Waals surface area contributed by atoms with Crippen LogP contribution in [0.25, 0.3) is 0 Å². The van der Waals surface area contributed by atoms with Gasteiger partial charge in [0.25, 0.3) is 5.91 Å². The lowest BCUT2D eigenvalue weighted by Crippen LogP contribution is -2.17. The van der Waals surface area contributed by atoms with Crippen LogP contribution in [0.2, 0.25) is 0 Å². The predicted molar refractivity (Wildman–Crippen MR) is 70.5 cm³/mol. The number of carbonyl (C=O) groups excluding carboxylic acids is 1. The van der Waals surface area contributed by atoms with Gasteiger partial charge in [-0.3, -0.25) is 4.79 Å². The quantitative estimate of drug-likeness (QED) is 0.845. The maximum atomic E-state index is 13.5. The highest BCUT2D eigenvalue weighted by atomic mass is 19.4. The first kappa shape index (κ1) is 16.4. The minimum atomic E-state index is -4.81. The van der Waals surface area contributed by atoms with E-state index in [2.05, 4.69) is 0 Å². The SMILES string of the molecule is N#Cc1ccc(NC(=O)c2c(F)cccc2F)cc1C(F)(F)F. The maximum absolute atomic E-state index is 13.5. The summed E-state index contributed by atoms with van der Waals surface area (Å²) in [5.74, 6) is -3.53. The van der Waals surface area contributed by atoms with E-state index in [9.17, 15) is 26.7 Å². The number of amides is 1. The highest BCUT2D eigenvalue weighted by Gasteiger charge is 2.34. The summed E-state index contributed by atoms with van der Waals surface area (Å²) < 4.78 is 65.4. The van der Waals surface area contributed by atoms with Crippen molar-refractivity contribution in [3.8, 4) is 6.07 Å². The normalized spacial score (nSPS) is 11.0. The molecule has 2 rings (SSSR count). The summed E-state index contributed by atoms with van der Waals surface area (Å²) in [4.78, 5) is 11.8. The van der Waals surface area contributed by atoms with Crippen molar-refractivity contribution in [3.05, 3.63) is 64.7 Å². The number of benzene rings is 2. The molecule has 0 unspecified atom stereocenters. The second kappa shape index (κ2) is 6.04. The molecule has 0 aliphatic rings. The van der Waals surface area contributed by atoms with Crippen LogP contribution in [-0.4, -0.2) is 5.91 Å². The summed E-state index contributed by atoms with van der Waals surface area (Å²) in [6, 6.07) is 6.53. The summed E-state index contributed by atoms with van der Waals surface area (Å²) in [6.07, 6.45) is -4.81. The molecular weight excluding hydrogens is 319 g/mol. The lowest BCUT2D eigenvalue weighted by atomic mass is 10.1. The van der Waals surface area contributed by atoms with Gasteiger partial charge < -0.3 is 5.32 Å². The molecule has 0 heterocycles. The van der Waals surface area contributed by atoms with E-state index < -0.39 is 40.4 Å². The van der Waals surface area contributed by atoms with Gasteiger partial charge in [-0.25, -0.2) is 8.78 Å². The molecule has 0 saturated heterocycles. The number of nitrogens with zero attached hydrogens (tertiary/aromatic N) is 1. The lowest BCUT2D eigenvalue weighted by molar-refractivity contribution is -0.137. The van der Waals surface area contributed by atoms with Crippen molar-refractivity contribution in [1.29, 1.82) is 5.26 Å². The Morgan fingerprint density at radius 1 is 1.09 bits per heavy atom. The number of anilines is 1. The van der Waals surface area contributed by atoms with E-state index in [-0.39, 0.29) is 5.69 Å². The monoisotopic (exact) mass is 326 g/mol. The largest absolute Gasteiger partial charge is 0.417 e. The third kappa shape index (κ3) is 3.45. The fraction of sp³-hybridized carbons (Fsp3) is 0.0667. The van der Waals surface area contributed by atoms with Crippen LogP contribution in [0.3, 0.4) is 0 Å². The van der Waals surface area contributed by atoms with E-state index in [1.165, 1.54) is 6.07 Å². The Labute approximate surface area is 127 Å². The molecule has 1 N–H and O–H groups in total. The van der Waals surface area contributed by atoms with Crippen LogP contribution in [0, 0.1) is 23.0 Å². The second-order valence-corrected chi connectivity index (χ2v) is 4.42. The van der Waals surface area contributed by atoms with Gasteiger partial charge in [0.2, 0.25) is 0 Å². The Morgan fingerprint density at radius 3 is 2.22 bits per heavy atom. The molecule has 0 saturated carbocycles. The topological polar surface area (TPSA) is 52.9 Å². The van der Waals surface area contributed by atoms with E-state index in [1.54, 1.807) is 0 Å².